The molecule has 0 N–H and O–H groups in total. The van der Waals surface area contributed by atoms with Crippen LogP contribution in [0, 0.1) is 5.82 Å². The number of carbonyl (C=O) groups is 2. The number of imidazole rings is 1. The number of hydrogen-bond donors (Lipinski definition) is 0. The lowest BCUT2D eigenvalue weighted by molar-refractivity contribution is -0.148. The Labute approximate surface area is 167 Å². The predicted molar refractivity (Wildman–Crippen MR) is 107 cm³/mol. The minimum absolute atomic E-state index is 0.0123. The molecule has 6 nitrogen and oxygen atoms in total. The van der Waals surface area contributed by atoms with Crippen LogP contribution in [0.15, 0.2) is 48.5 Å². The highest BCUT2D eigenvalue weighted by Gasteiger charge is 2.36. The molecule has 0 bridgehead atoms. The summed E-state index contributed by atoms with van der Waals surface area (Å²) in [6.07, 6.45) is -0.0120. The fourth-order valence-electron chi connectivity index (χ4n) is 3.79. The second-order valence-electron chi connectivity index (χ2n) is 7.44. The van der Waals surface area contributed by atoms with E-state index in [1.807, 2.05) is 28.8 Å². The summed E-state index contributed by atoms with van der Waals surface area (Å²) in [6, 6.07) is 13.7. The van der Waals surface area contributed by atoms with Gasteiger partial charge in [0.05, 0.1) is 22.8 Å². The van der Waals surface area contributed by atoms with Crippen molar-refractivity contribution in [2.24, 2.45) is 0 Å². The third-order valence-corrected chi connectivity index (χ3v) is 4.97. The Bertz CT molecular complexity index is 1080. The molecule has 0 spiro atoms. The molecule has 4 rings (SSSR count). The van der Waals surface area contributed by atoms with E-state index in [0.29, 0.717) is 12.4 Å². The molecule has 1 amide bonds. The molecule has 2 aromatic carbocycles. The summed E-state index contributed by atoms with van der Waals surface area (Å²) in [5.41, 5.74) is 1.82. The molecular formula is C22H22FN3O3. The summed E-state index contributed by atoms with van der Waals surface area (Å²) in [7, 11) is 0. The first-order chi connectivity index (χ1) is 13.9. The van der Waals surface area contributed by atoms with Crippen LogP contribution in [-0.2, 0) is 20.9 Å². The lowest BCUT2D eigenvalue weighted by Gasteiger charge is -2.18. The van der Waals surface area contributed by atoms with E-state index in [9.17, 15) is 14.0 Å². The number of esters is 1. The number of halogens is 1. The lowest BCUT2D eigenvalue weighted by Crippen LogP contribution is -2.26. The van der Waals surface area contributed by atoms with Crippen LogP contribution in [0.25, 0.3) is 11.0 Å². The number of nitrogens with zero attached hydrogens (tertiary/aromatic N) is 3. The van der Waals surface area contributed by atoms with Crippen LogP contribution in [0.2, 0.25) is 0 Å². The molecular weight excluding hydrogens is 373 g/mol. The second-order valence-corrected chi connectivity index (χ2v) is 7.44. The van der Waals surface area contributed by atoms with Gasteiger partial charge in [0, 0.05) is 18.9 Å². The zero-order valence-electron chi connectivity index (χ0n) is 16.3. The second kappa shape index (κ2) is 7.66. The number of amides is 1. The van der Waals surface area contributed by atoms with E-state index in [0.717, 1.165) is 11.0 Å². The molecule has 0 radical (unpaired) electrons. The Morgan fingerprint density at radius 2 is 1.93 bits per heavy atom. The number of ether oxygens (including phenoxy) is 1. The number of para-hydroxylation sites is 3. The molecule has 1 aliphatic heterocycles. The van der Waals surface area contributed by atoms with Gasteiger partial charge in [-0.2, -0.15) is 0 Å². The van der Waals surface area contributed by atoms with Crippen molar-refractivity contribution in [1.29, 1.82) is 0 Å². The summed E-state index contributed by atoms with van der Waals surface area (Å²) < 4.78 is 21.3. The molecule has 2 heterocycles. The van der Waals surface area contributed by atoms with E-state index in [1.54, 1.807) is 32.0 Å². The fourth-order valence-corrected chi connectivity index (χ4v) is 3.79. The van der Waals surface area contributed by atoms with E-state index < -0.39 is 5.82 Å². The number of fused-ring (bicyclic) bond motifs is 1. The van der Waals surface area contributed by atoms with Crippen LogP contribution < -0.4 is 4.90 Å². The number of aromatic nitrogens is 2. The number of anilines is 1. The molecule has 1 fully saturated rings. The number of hydrogen-bond acceptors (Lipinski definition) is 4. The molecule has 150 valence electrons. The van der Waals surface area contributed by atoms with E-state index >= 15 is 0 Å². The highest BCUT2D eigenvalue weighted by Crippen LogP contribution is 2.34. The number of carbonyl (C=O) groups excluding carboxylic acids is 2. The Morgan fingerprint density at radius 1 is 1.21 bits per heavy atom. The van der Waals surface area contributed by atoms with Crippen molar-refractivity contribution in [3.8, 4) is 0 Å². The van der Waals surface area contributed by atoms with Gasteiger partial charge >= 0.3 is 5.97 Å². The van der Waals surface area contributed by atoms with Crippen LogP contribution in [0.1, 0.15) is 32.0 Å². The average molecular weight is 395 g/mol. The van der Waals surface area contributed by atoms with Crippen molar-refractivity contribution < 1.29 is 18.7 Å². The Hall–Kier alpha value is -3.22. The molecule has 0 saturated carbocycles. The smallest absolute Gasteiger partial charge is 0.326 e. The van der Waals surface area contributed by atoms with Crippen molar-refractivity contribution in [2.75, 3.05) is 11.4 Å². The minimum atomic E-state index is -0.435. The highest BCUT2D eigenvalue weighted by atomic mass is 19.1. The SMILES string of the molecule is CC(C)OC(=O)Cn1c(C2CC(=O)N(c3ccccc3F)C2)nc2ccccc21. The zero-order chi connectivity index (χ0) is 20.5. The zero-order valence-corrected chi connectivity index (χ0v) is 16.3. The van der Waals surface area contributed by atoms with Crippen molar-refractivity contribution in [1.82, 2.24) is 9.55 Å². The maximum atomic E-state index is 14.2. The van der Waals surface area contributed by atoms with Crippen molar-refractivity contribution in [3.63, 3.8) is 0 Å². The van der Waals surface area contributed by atoms with Crippen LogP contribution in [0.3, 0.4) is 0 Å². The third-order valence-electron chi connectivity index (χ3n) is 4.97. The average Bonchev–Trinajstić information content (AvgIpc) is 3.22. The Morgan fingerprint density at radius 3 is 2.69 bits per heavy atom. The first-order valence-corrected chi connectivity index (χ1v) is 9.63. The predicted octanol–water partition coefficient (Wildman–Crippen LogP) is 3.65. The maximum absolute atomic E-state index is 14.2. The van der Waals surface area contributed by atoms with E-state index in [1.165, 1.54) is 11.0 Å². The Balaban J connectivity index is 1.69. The van der Waals surface area contributed by atoms with Crippen LogP contribution in [0.5, 0.6) is 0 Å². The third kappa shape index (κ3) is 3.72. The highest BCUT2D eigenvalue weighted by molar-refractivity contribution is 5.96. The van der Waals surface area contributed by atoms with Gasteiger partial charge in [0.2, 0.25) is 5.91 Å². The van der Waals surface area contributed by atoms with Gasteiger partial charge in [0.25, 0.3) is 0 Å². The van der Waals surface area contributed by atoms with Gasteiger partial charge in [-0.3, -0.25) is 9.59 Å². The maximum Gasteiger partial charge on any atom is 0.326 e. The van der Waals surface area contributed by atoms with E-state index in [2.05, 4.69) is 0 Å². The minimum Gasteiger partial charge on any atom is -0.462 e. The largest absolute Gasteiger partial charge is 0.462 e. The summed E-state index contributed by atoms with van der Waals surface area (Å²) >= 11 is 0. The summed E-state index contributed by atoms with van der Waals surface area (Å²) in [4.78, 5) is 31.1. The molecule has 1 atom stereocenters. The molecule has 1 saturated heterocycles. The summed E-state index contributed by atoms with van der Waals surface area (Å²) in [5, 5.41) is 0. The van der Waals surface area contributed by atoms with Crippen LogP contribution in [-0.4, -0.2) is 34.1 Å². The molecule has 29 heavy (non-hydrogen) atoms. The monoisotopic (exact) mass is 395 g/mol. The summed E-state index contributed by atoms with van der Waals surface area (Å²) in [5.74, 6) is -0.570. The van der Waals surface area contributed by atoms with Gasteiger partial charge in [-0.1, -0.05) is 24.3 Å². The first-order valence-electron chi connectivity index (χ1n) is 9.63. The van der Waals surface area contributed by atoms with Gasteiger partial charge < -0.3 is 14.2 Å². The lowest BCUT2D eigenvalue weighted by atomic mass is 10.1. The molecule has 3 aromatic rings. The molecule has 1 aliphatic rings. The normalized spacial score (nSPS) is 16.8. The number of rotatable bonds is 5. The van der Waals surface area contributed by atoms with Gasteiger partial charge in [-0.05, 0) is 38.1 Å². The fraction of sp³-hybridized carbons (Fsp3) is 0.318. The van der Waals surface area contributed by atoms with Crippen molar-refractivity contribution >= 4 is 28.6 Å². The molecule has 1 aromatic heterocycles. The van der Waals surface area contributed by atoms with E-state index in [4.69, 9.17) is 9.72 Å². The van der Waals surface area contributed by atoms with Crippen LogP contribution in [0.4, 0.5) is 10.1 Å². The first kappa shape index (κ1) is 19.1. The van der Waals surface area contributed by atoms with Crippen molar-refractivity contribution in [2.45, 2.75) is 38.8 Å². The van der Waals surface area contributed by atoms with Crippen molar-refractivity contribution in [3.05, 3.63) is 60.2 Å². The van der Waals surface area contributed by atoms with Crippen LogP contribution >= 0.6 is 0 Å². The molecule has 7 heteroatoms. The van der Waals surface area contributed by atoms with Gasteiger partial charge in [-0.25, -0.2) is 9.37 Å². The topological polar surface area (TPSA) is 64.4 Å². The van der Waals surface area contributed by atoms with Gasteiger partial charge in [0.15, 0.2) is 0 Å². The molecule has 1 unspecified atom stereocenters. The molecule has 0 aliphatic carbocycles. The quantitative estimate of drug-likeness (QED) is 0.619. The van der Waals surface area contributed by atoms with Gasteiger partial charge in [-0.15, -0.1) is 0 Å². The Kier molecular flexibility index (Phi) is 5.05. The van der Waals surface area contributed by atoms with E-state index in [-0.39, 0.29) is 42.6 Å². The standard InChI is InChI=1S/C22H22FN3O3/c1-14(2)29-21(28)13-26-19-10-6-4-8-17(19)24-22(26)15-11-20(27)25(12-15)18-9-5-3-7-16(18)23/h3-10,14-15H,11-13H2,1-2H3. The number of benzene rings is 2. The van der Waals surface area contributed by atoms with Gasteiger partial charge in [0.1, 0.15) is 18.2 Å². The summed E-state index contributed by atoms with van der Waals surface area (Å²) in [6.45, 7) is 3.92.